The zero-order chi connectivity index (χ0) is 19.1. The van der Waals surface area contributed by atoms with Crippen molar-refractivity contribution in [2.75, 3.05) is 12.8 Å². The number of piperidine rings is 1. The summed E-state index contributed by atoms with van der Waals surface area (Å²) in [4.78, 5) is 17.5. The van der Waals surface area contributed by atoms with Crippen LogP contribution in [0.5, 0.6) is 0 Å². The van der Waals surface area contributed by atoms with Crippen LogP contribution in [-0.4, -0.2) is 41.7 Å². The highest BCUT2D eigenvalue weighted by molar-refractivity contribution is 7.15. The lowest BCUT2D eigenvalue weighted by atomic mass is 9.97. The van der Waals surface area contributed by atoms with Gasteiger partial charge in [0, 0.05) is 39.1 Å². The molecule has 0 saturated carbocycles. The number of aryl methyl sites for hydroxylation is 1. The monoisotopic (exact) mass is 382 g/mol. The number of nitrogens with two attached hydrogens (primary N) is 1. The number of amides is 1. The molecule has 4 N–H and O–H groups in total. The fourth-order valence-corrected chi connectivity index (χ4v) is 5.29. The van der Waals surface area contributed by atoms with Gasteiger partial charge >= 0.3 is 0 Å². The number of nitrogen functional groups attached to an aromatic ring is 1. The van der Waals surface area contributed by atoms with Crippen LogP contribution in [0, 0.1) is 12.3 Å². The first kappa shape index (κ1) is 18.2. The van der Waals surface area contributed by atoms with Gasteiger partial charge in [-0.05, 0) is 69.5 Å². The predicted molar refractivity (Wildman–Crippen MR) is 111 cm³/mol. The van der Waals surface area contributed by atoms with E-state index in [-0.39, 0.29) is 17.7 Å². The summed E-state index contributed by atoms with van der Waals surface area (Å²) in [6.07, 6.45) is 4.35. The van der Waals surface area contributed by atoms with Gasteiger partial charge in [0.2, 0.25) is 0 Å². The van der Waals surface area contributed by atoms with Gasteiger partial charge in [-0.15, -0.1) is 11.3 Å². The molecular weight excluding hydrogens is 356 g/mol. The number of anilines is 1. The summed E-state index contributed by atoms with van der Waals surface area (Å²) in [6.45, 7) is 2.07. The number of nitrogens with zero attached hydrogens (tertiary/aromatic N) is 1. The molecule has 27 heavy (non-hydrogen) atoms. The smallest absolute Gasteiger partial charge is 0.270 e. The molecule has 2 aromatic rings. The molecule has 142 valence electrons. The number of hydrogen-bond donors (Lipinski definition) is 3. The summed E-state index contributed by atoms with van der Waals surface area (Å²) in [5.74, 6) is -0.324. The Morgan fingerprint density at radius 3 is 2.56 bits per heavy atom. The molecule has 2 fully saturated rings. The number of benzene rings is 1. The molecule has 0 radical (unpaired) electrons. The minimum absolute atomic E-state index is 0.0473. The molecular formula is C21H26N4OS. The zero-order valence-electron chi connectivity index (χ0n) is 15.8. The summed E-state index contributed by atoms with van der Waals surface area (Å²) in [7, 11) is 2.18. The van der Waals surface area contributed by atoms with Gasteiger partial charge < -0.3 is 16.0 Å². The first-order chi connectivity index (χ1) is 12.9. The highest BCUT2D eigenvalue weighted by atomic mass is 32.1. The Labute approximate surface area is 164 Å². The fourth-order valence-electron chi connectivity index (χ4n) is 4.42. The Morgan fingerprint density at radius 1 is 1.22 bits per heavy atom. The van der Waals surface area contributed by atoms with E-state index in [1.165, 1.54) is 17.7 Å². The van der Waals surface area contributed by atoms with E-state index in [2.05, 4.69) is 36.3 Å². The number of rotatable bonds is 4. The predicted octanol–water partition coefficient (Wildman–Crippen LogP) is 3.41. The maximum absolute atomic E-state index is 12.7. The summed E-state index contributed by atoms with van der Waals surface area (Å²) >= 11 is 1.70. The van der Waals surface area contributed by atoms with Crippen LogP contribution >= 0.6 is 11.3 Å². The van der Waals surface area contributed by atoms with Crippen molar-refractivity contribution in [1.29, 1.82) is 5.41 Å². The fraction of sp³-hybridized carbons (Fsp3) is 0.429. The normalized spacial score (nSPS) is 24.7. The van der Waals surface area contributed by atoms with E-state index >= 15 is 0 Å². The van der Waals surface area contributed by atoms with Crippen molar-refractivity contribution in [3.05, 3.63) is 40.8 Å². The Hall–Kier alpha value is -2.18. The van der Waals surface area contributed by atoms with Crippen molar-refractivity contribution in [2.24, 2.45) is 0 Å². The molecule has 0 spiro atoms. The maximum Gasteiger partial charge on any atom is 0.270 e. The summed E-state index contributed by atoms with van der Waals surface area (Å²) in [5, 5.41) is 11.5. The van der Waals surface area contributed by atoms with E-state index in [0.29, 0.717) is 23.3 Å². The second-order valence-electron chi connectivity index (χ2n) is 7.78. The summed E-state index contributed by atoms with van der Waals surface area (Å²) in [5.41, 5.74) is 8.01. The molecule has 2 bridgehead atoms. The number of carbonyl (C=O) groups is 1. The van der Waals surface area contributed by atoms with Gasteiger partial charge in [-0.2, -0.15) is 0 Å². The SMILES string of the molecule is Cc1ccc(-c2ccc(N)c(C(=N)C(=O)NC3CC4CCC(C3)N4C)c2)s1. The van der Waals surface area contributed by atoms with E-state index in [0.717, 1.165) is 23.3 Å². The Balaban J connectivity index is 1.49. The third-order valence-corrected chi connectivity index (χ3v) is 7.06. The second-order valence-corrected chi connectivity index (χ2v) is 9.07. The van der Waals surface area contributed by atoms with Crippen molar-refractivity contribution in [3.63, 3.8) is 0 Å². The van der Waals surface area contributed by atoms with Crippen LogP contribution in [-0.2, 0) is 4.79 Å². The van der Waals surface area contributed by atoms with E-state index in [9.17, 15) is 4.79 Å². The highest BCUT2D eigenvalue weighted by Crippen LogP contribution is 2.34. The van der Waals surface area contributed by atoms with Gasteiger partial charge in [-0.3, -0.25) is 10.2 Å². The van der Waals surface area contributed by atoms with Crippen LogP contribution in [0.1, 0.15) is 36.1 Å². The molecule has 2 aliphatic heterocycles. The minimum Gasteiger partial charge on any atom is -0.398 e. The Bertz CT molecular complexity index is 876. The molecule has 4 rings (SSSR count). The lowest BCUT2D eigenvalue weighted by Gasteiger charge is -2.36. The molecule has 1 aromatic carbocycles. The number of hydrogen-bond acceptors (Lipinski definition) is 5. The number of thiophene rings is 1. The van der Waals surface area contributed by atoms with E-state index in [4.69, 9.17) is 11.1 Å². The van der Waals surface area contributed by atoms with Crippen LogP contribution in [0.3, 0.4) is 0 Å². The second kappa shape index (κ2) is 7.09. The quantitative estimate of drug-likeness (QED) is 0.560. The highest BCUT2D eigenvalue weighted by Gasteiger charge is 2.39. The maximum atomic E-state index is 12.7. The molecule has 2 saturated heterocycles. The van der Waals surface area contributed by atoms with Crippen molar-refractivity contribution in [1.82, 2.24) is 10.2 Å². The average molecular weight is 383 g/mol. The summed E-state index contributed by atoms with van der Waals surface area (Å²) in [6, 6.07) is 11.0. The lowest BCUT2D eigenvalue weighted by molar-refractivity contribution is -0.115. The standard InChI is InChI=1S/C21H26N4OS/c1-12-3-8-19(27-12)13-4-7-18(22)17(9-13)20(23)21(26)24-14-10-15-5-6-16(11-14)25(15)2/h3-4,7-9,14-16,23H,5-6,10-11,22H2,1-2H3,(H,24,26). The van der Waals surface area contributed by atoms with Crippen LogP contribution in [0.2, 0.25) is 0 Å². The largest absolute Gasteiger partial charge is 0.398 e. The number of carbonyl (C=O) groups excluding carboxylic acids is 1. The third-order valence-electron chi connectivity index (χ3n) is 6.01. The molecule has 1 amide bonds. The van der Waals surface area contributed by atoms with Crippen molar-refractivity contribution >= 4 is 28.6 Å². The van der Waals surface area contributed by atoms with Gasteiger partial charge in [-0.1, -0.05) is 6.07 Å². The van der Waals surface area contributed by atoms with E-state index in [1.54, 1.807) is 17.4 Å². The number of nitrogens with one attached hydrogen (secondary N) is 2. The van der Waals surface area contributed by atoms with E-state index in [1.807, 2.05) is 12.1 Å². The molecule has 1 aromatic heterocycles. The van der Waals surface area contributed by atoms with Crippen LogP contribution in [0.15, 0.2) is 30.3 Å². The molecule has 2 atom stereocenters. The number of fused-ring (bicyclic) bond motifs is 2. The molecule has 2 unspecified atom stereocenters. The van der Waals surface area contributed by atoms with Crippen molar-refractivity contribution in [2.45, 2.75) is 50.7 Å². The molecule has 5 nitrogen and oxygen atoms in total. The zero-order valence-corrected chi connectivity index (χ0v) is 16.6. The van der Waals surface area contributed by atoms with Crippen molar-refractivity contribution < 1.29 is 4.79 Å². The minimum atomic E-state index is -0.324. The van der Waals surface area contributed by atoms with Gasteiger partial charge in [0.05, 0.1) is 0 Å². The van der Waals surface area contributed by atoms with Crippen LogP contribution in [0.4, 0.5) is 5.69 Å². The first-order valence-electron chi connectivity index (χ1n) is 9.50. The molecule has 3 heterocycles. The molecule has 0 aliphatic carbocycles. The average Bonchev–Trinajstić information content (AvgIpc) is 3.14. The van der Waals surface area contributed by atoms with Crippen molar-refractivity contribution in [3.8, 4) is 10.4 Å². The van der Waals surface area contributed by atoms with Gasteiger partial charge in [0.15, 0.2) is 0 Å². The van der Waals surface area contributed by atoms with Gasteiger partial charge in [0.1, 0.15) is 5.71 Å². The van der Waals surface area contributed by atoms with Gasteiger partial charge in [-0.25, -0.2) is 0 Å². The Morgan fingerprint density at radius 2 is 1.93 bits per heavy atom. The lowest BCUT2D eigenvalue weighted by Crippen LogP contribution is -2.50. The van der Waals surface area contributed by atoms with Gasteiger partial charge in [0.25, 0.3) is 5.91 Å². The van der Waals surface area contributed by atoms with Crippen LogP contribution < -0.4 is 11.1 Å². The summed E-state index contributed by atoms with van der Waals surface area (Å²) < 4.78 is 0. The molecule has 6 heteroatoms. The topological polar surface area (TPSA) is 82.2 Å². The van der Waals surface area contributed by atoms with Crippen LogP contribution in [0.25, 0.3) is 10.4 Å². The first-order valence-corrected chi connectivity index (χ1v) is 10.3. The molecule has 2 aliphatic rings. The third kappa shape index (κ3) is 3.51. The Kier molecular flexibility index (Phi) is 4.78. The van der Waals surface area contributed by atoms with E-state index < -0.39 is 0 Å².